The molecule has 166 valence electrons. The Hall–Kier alpha value is -0.450. The zero-order chi connectivity index (χ0) is 20.8. The highest BCUT2D eigenvalue weighted by Gasteiger charge is 2.61. The van der Waals surface area contributed by atoms with E-state index >= 15 is 0 Å². The van der Waals surface area contributed by atoms with Crippen LogP contribution in [0.15, 0.2) is 0 Å². The van der Waals surface area contributed by atoms with Gasteiger partial charge in [0.15, 0.2) is 5.78 Å². The standard InChI is InChI=1S/C25H45N3O/c1-4-17-14-22(23(29)15-28(27)12-11-26)25(3)10-9-20-19-7-5-16(2)13-18(19)6-8-21(20)24(17)25/h16-22,24H,4-15,26-27H2,1-3H3. The molecule has 0 aromatic heterocycles. The molecule has 0 heterocycles. The molecule has 4 heteroatoms. The summed E-state index contributed by atoms with van der Waals surface area (Å²) >= 11 is 0. The van der Waals surface area contributed by atoms with E-state index in [9.17, 15) is 4.79 Å². The summed E-state index contributed by atoms with van der Waals surface area (Å²) in [6.07, 6.45) is 12.2. The molecule has 4 fully saturated rings. The van der Waals surface area contributed by atoms with Crippen molar-refractivity contribution in [3.63, 3.8) is 0 Å². The minimum atomic E-state index is 0.192. The van der Waals surface area contributed by atoms with Crippen molar-refractivity contribution in [1.82, 2.24) is 5.01 Å². The molecule has 4 aliphatic carbocycles. The van der Waals surface area contributed by atoms with Crippen molar-refractivity contribution in [2.75, 3.05) is 19.6 Å². The molecule has 0 amide bonds. The van der Waals surface area contributed by atoms with Crippen LogP contribution < -0.4 is 11.6 Å². The number of ketones is 1. The average Bonchev–Trinajstić information content (AvgIpc) is 3.00. The lowest BCUT2D eigenvalue weighted by Gasteiger charge is -2.57. The third kappa shape index (κ3) is 3.83. The number of nitrogens with zero attached hydrogens (tertiary/aromatic N) is 1. The van der Waals surface area contributed by atoms with E-state index in [2.05, 4.69) is 20.8 Å². The summed E-state index contributed by atoms with van der Waals surface area (Å²) in [7, 11) is 0. The molecule has 0 aliphatic heterocycles. The first kappa shape index (κ1) is 21.8. The largest absolute Gasteiger partial charge is 0.329 e. The van der Waals surface area contributed by atoms with E-state index in [1.165, 1.54) is 51.4 Å². The van der Waals surface area contributed by atoms with E-state index in [0.717, 1.165) is 47.8 Å². The van der Waals surface area contributed by atoms with E-state index in [4.69, 9.17) is 11.6 Å². The number of fused-ring (bicyclic) bond motifs is 5. The lowest BCUT2D eigenvalue weighted by molar-refractivity contribution is -0.132. The second kappa shape index (κ2) is 8.59. The quantitative estimate of drug-likeness (QED) is 0.514. The van der Waals surface area contributed by atoms with Gasteiger partial charge in [0, 0.05) is 19.0 Å². The van der Waals surface area contributed by atoms with Gasteiger partial charge in [-0.2, -0.15) is 0 Å². The van der Waals surface area contributed by atoms with Crippen LogP contribution in [-0.2, 0) is 4.79 Å². The first-order valence-corrected chi connectivity index (χ1v) is 12.6. The van der Waals surface area contributed by atoms with Gasteiger partial charge in [0.05, 0.1) is 6.54 Å². The minimum Gasteiger partial charge on any atom is -0.329 e. The number of carbonyl (C=O) groups is 1. The molecule has 4 nitrogen and oxygen atoms in total. The van der Waals surface area contributed by atoms with Crippen LogP contribution in [0.4, 0.5) is 0 Å². The SMILES string of the molecule is CCC1CC(C(=O)CN(N)CCN)C2(C)CCC3C4CCC(C)CC4CCC3C12. The molecule has 0 bridgehead atoms. The maximum Gasteiger partial charge on any atom is 0.151 e. The van der Waals surface area contributed by atoms with Crippen LogP contribution in [0.1, 0.15) is 78.6 Å². The fourth-order valence-corrected chi connectivity index (χ4v) is 8.85. The third-order valence-electron chi connectivity index (χ3n) is 10.0. The van der Waals surface area contributed by atoms with Crippen molar-refractivity contribution in [3.05, 3.63) is 0 Å². The van der Waals surface area contributed by atoms with Gasteiger partial charge < -0.3 is 5.73 Å². The molecule has 0 aromatic carbocycles. The first-order valence-electron chi connectivity index (χ1n) is 12.6. The highest BCUT2D eigenvalue weighted by atomic mass is 16.1. The lowest BCUT2D eigenvalue weighted by atomic mass is 9.48. The summed E-state index contributed by atoms with van der Waals surface area (Å²) in [4.78, 5) is 13.3. The Bertz CT molecular complexity index is 595. The zero-order valence-corrected chi connectivity index (χ0v) is 19.1. The predicted octanol–water partition coefficient (Wildman–Crippen LogP) is 4.23. The maximum absolute atomic E-state index is 13.3. The summed E-state index contributed by atoms with van der Waals surface area (Å²) < 4.78 is 0. The smallest absolute Gasteiger partial charge is 0.151 e. The van der Waals surface area contributed by atoms with Crippen LogP contribution in [0.25, 0.3) is 0 Å². The fraction of sp³-hybridized carbons (Fsp3) is 0.960. The maximum atomic E-state index is 13.3. The van der Waals surface area contributed by atoms with Crippen LogP contribution in [-0.4, -0.2) is 30.4 Å². The molecule has 0 radical (unpaired) electrons. The van der Waals surface area contributed by atoms with Crippen molar-refractivity contribution in [1.29, 1.82) is 0 Å². The molecule has 0 saturated heterocycles. The number of carbonyl (C=O) groups excluding carboxylic acids is 1. The Morgan fingerprint density at radius 3 is 2.55 bits per heavy atom. The van der Waals surface area contributed by atoms with Gasteiger partial charge >= 0.3 is 0 Å². The van der Waals surface area contributed by atoms with Gasteiger partial charge in [-0.25, -0.2) is 5.01 Å². The van der Waals surface area contributed by atoms with Crippen LogP contribution in [0.3, 0.4) is 0 Å². The molecule has 9 unspecified atom stereocenters. The van der Waals surface area contributed by atoms with Gasteiger partial charge in [-0.3, -0.25) is 10.6 Å². The summed E-state index contributed by atoms with van der Waals surface area (Å²) in [5.41, 5.74) is 5.83. The Labute approximate surface area is 178 Å². The van der Waals surface area contributed by atoms with E-state index in [0.29, 0.717) is 25.4 Å². The molecule has 4 saturated carbocycles. The van der Waals surface area contributed by atoms with Gasteiger partial charge in [0.25, 0.3) is 0 Å². The number of rotatable bonds is 6. The average molecular weight is 404 g/mol. The number of nitrogens with two attached hydrogens (primary N) is 2. The van der Waals surface area contributed by atoms with E-state index < -0.39 is 0 Å². The van der Waals surface area contributed by atoms with Crippen molar-refractivity contribution in [2.45, 2.75) is 78.6 Å². The predicted molar refractivity (Wildman–Crippen MR) is 119 cm³/mol. The highest BCUT2D eigenvalue weighted by molar-refractivity contribution is 5.84. The first-order chi connectivity index (χ1) is 13.9. The second-order valence-electron chi connectivity index (χ2n) is 11.5. The molecule has 0 spiro atoms. The Balaban J connectivity index is 1.53. The minimum absolute atomic E-state index is 0.192. The van der Waals surface area contributed by atoms with Gasteiger partial charge in [-0.05, 0) is 91.8 Å². The number of hydrogen-bond donors (Lipinski definition) is 2. The van der Waals surface area contributed by atoms with Crippen LogP contribution >= 0.6 is 0 Å². The normalized spacial score (nSPS) is 46.8. The second-order valence-corrected chi connectivity index (χ2v) is 11.5. The van der Waals surface area contributed by atoms with Crippen molar-refractivity contribution in [3.8, 4) is 0 Å². The van der Waals surface area contributed by atoms with Crippen LogP contribution in [0.5, 0.6) is 0 Å². The fourth-order valence-electron chi connectivity index (χ4n) is 8.85. The number of hydrogen-bond acceptors (Lipinski definition) is 4. The Kier molecular flexibility index (Phi) is 6.45. The number of Topliss-reactive ketones (excluding diaryl/α,β-unsaturated/α-hetero) is 1. The van der Waals surface area contributed by atoms with Crippen molar-refractivity contribution < 1.29 is 4.79 Å². The van der Waals surface area contributed by atoms with E-state index in [1.807, 2.05) is 0 Å². The molecule has 29 heavy (non-hydrogen) atoms. The van der Waals surface area contributed by atoms with Crippen molar-refractivity contribution in [2.24, 2.45) is 64.3 Å². The van der Waals surface area contributed by atoms with Gasteiger partial charge in [0.1, 0.15) is 0 Å². The molecule has 4 rings (SSSR count). The van der Waals surface area contributed by atoms with Crippen molar-refractivity contribution >= 4 is 5.78 Å². The highest BCUT2D eigenvalue weighted by Crippen LogP contribution is 2.66. The van der Waals surface area contributed by atoms with Gasteiger partial charge in [-0.1, -0.05) is 33.6 Å². The molecule has 0 aromatic rings. The number of hydrazine groups is 1. The summed E-state index contributed by atoms with van der Waals surface area (Å²) in [5.74, 6) is 12.8. The monoisotopic (exact) mass is 403 g/mol. The van der Waals surface area contributed by atoms with E-state index in [1.54, 1.807) is 5.01 Å². The summed E-state index contributed by atoms with van der Waals surface area (Å²) in [6, 6.07) is 0. The molecule has 4 aliphatic rings. The topological polar surface area (TPSA) is 72.3 Å². The Morgan fingerprint density at radius 2 is 1.83 bits per heavy atom. The molecule has 9 atom stereocenters. The summed E-state index contributed by atoms with van der Waals surface area (Å²) in [5, 5.41) is 1.64. The third-order valence-corrected chi connectivity index (χ3v) is 10.0. The molecule has 4 N–H and O–H groups in total. The summed E-state index contributed by atoms with van der Waals surface area (Å²) in [6.45, 7) is 8.78. The van der Waals surface area contributed by atoms with Crippen LogP contribution in [0, 0.1) is 52.8 Å². The van der Waals surface area contributed by atoms with Gasteiger partial charge in [-0.15, -0.1) is 0 Å². The van der Waals surface area contributed by atoms with Crippen LogP contribution in [0.2, 0.25) is 0 Å². The molecular weight excluding hydrogens is 358 g/mol. The Morgan fingerprint density at radius 1 is 1.07 bits per heavy atom. The van der Waals surface area contributed by atoms with Gasteiger partial charge in [0.2, 0.25) is 0 Å². The zero-order valence-electron chi connectivity index (χ0n) is 19.1. The van der Waals surface area contributed by atoms with E-state index in [-0.39, 0.29) is 11.3 Å². The lowest BCUT2D eigenvalue weighted by Crippen LogP contribution is -2.51. The molecular formula is C25H45N3O.